The summed E-state index contributed by atoms with van der Waals surface area (Å²) in [4.78, 5) is 26.8. The molecule has 0 aromatic rings. The molecule has 1 aliphatic heterocycles. The Morgan fingerprint density at radius 3 is 2.65 bits per heavy atom. The van der Waals surface area contributed by atoms with Crippen LogP contribution >= 0.6 is 0 Å². The topological polar surface area (TPSA) is 70.1 Å². The van der Waals surface area contributed by atoms with E-state index in [0.717, 1.165) is 12.8 Å². The normalized spacial score (nSPS) is 24.4. The second-order valence-electron chi connectivity index (χ2n) is 5.72. The molecule has 1 heterocycles. The second kappa shape index (κ2) is 6.92. The maximum Gasteiger partial charge on any atom is 0.320 e. The van der Waals surface area contributed by atoms with Crippen LogP contribution in [0.25, 0.3) is 0 Å². The van der Waals surface area contributed by atoms with Crippen molar-refractivity contribution < 1.29 is 19.4 Å². The predicted molar refractivity (Wildman–Crippen MR) is 73.6 cm³/mol. The summed E-state index contributed by atoms with van der Waals surface area (Å²) in [6, 6.07) is 0.340. The van der Waals surface area contributed by atoms with Crippen LogP contribution in [0.4, 0.5) is 4.79 Å². The van der Waals surface area contributed by atoms with Crippen molar-refractivity contribution in [3.8, 4) is 0 Å². The number of aliphatic carboxylic acids is 1. The third-order valence-electron chi connectivity index (χ3n) is 4.24. The molecule has 1 atom stereocenters. The lowest BCUT2D eigenvalue weighted by Gasteiger charge is -2.38. The van der Waals surface area contributed by atoms with Crippen molar-refractivity contribution in [1.29, 1.82) is 0 Å². The van der Waals surface area contributed by atoms with E-state index in [-0.39, 0.29) is 18.6 Å². The predicted octanol–water partition coefficient (Wildman–Crippen LogP) is 1.55. The van der Waals surface area contributed by atoms with Crippen molar-refractivity contribution >= 4 is 12.0 Å². The van der Waals surface area contributed by atoms with Crippen molar-refractivity contribution in [2.24, 2.45) is 0 Å². The highest BCUT2D eigenvalue weighted by atomic mass is 16.5. The molecular weight excluding hydrogens is 260 g/mol. The van der Waals surface area contributed by atoms with Gasteiger partial charge in [-0.3, -0.25) is 4.79 Å². The third kappa shape index (κ3) is 3.85. The average Bonchev–Trinajstić information content (AvgIpc) is 2.46. The van der Waals surface area contributed by atoms with E-state index in [1.807, 2.05) is 11.9 Å². The Morgan fingerprint density at radius 2 is 2.00 bits per heavy atom. The number of ether oxygens (including phenoxy) is 1. The lowest BCUT2D eigenvalue weighted by molar-refractivity contribution is -0.141. The average molecular weight is 284 g/mol. The molecule has 1 unspecified atom stereocenters. The first kappa shape index (κ1) is 15.1. The van der Waals surface area contributed by atoms with Crippen LogP contribution in [0.5, 0.6) is 0 Å². The zero-order valence-corrected chi connectivity index (χ0v) is 12.1. The van der Waals surface area contributed by atoms with Crippen LogP contribution in [0.1, 0.15) is 38.5 Å². The molecule has 1 N–H and O–H groups in total. The quantitative estimate of drug-likeness (QED) is 0.853. The number of morpholine rings is 1. The van der Waals surface area contributed by atoms with Gasteiger partial charge >= 0.3 is 12.0 Å². The van der Waals surface area contributed by atoms with Crippen molar-refractivity contribution in [3.63, 3.8) is 0 Å². The Bertz CT molecular complexity index is 355. The van der Waals surface area contributed by atoms with Crippen LogP contribution in [0.15, 0.2) is 0 Å². The van der Waals surface area contributed by atoms with Gasteiger partial charge in [0, 0.05) is 26.2 Å². The summed E-state index contributed by atoms with van der Waals surface area (Å²) in [6.45, 7) is 1.34. The standard InChI is InChI=1S/C14H24N2O4/c1-15(11-5-3-2-4-6-11)14(19)16-7-8-20-12(10-16)9-13(17)18/h11-12H,2-10H2,1H3,(H,17,18). The first-order valence-electron chi connectivity index (χ1n) is 7.43. The zero-order valence-electron chi connectivity index (χ0n) is 12.1. The minimum absolute atomic E-state index is 0.00980. The molecule has 6 nitrogen and oxygen atoms in total. The highest BCUT2D eigenvalue weighted by Gasteiger charge is 2.30. The van der Waals surface area contributed by atoms with Crippen molar-refractivity contribution in [1.82, 2.24) is 9.80 Å². The molecule has 114 valence electrons. The van der Waals surface area contributed by atoms with Gasteiger partial charge in [-0.05, 0) is 12.8 Å². The van der Waals surface area contributed by atoms with Gasteiger partial charge in [0.05, 0.1) is 19.1 Å². The van der Waals surface area contributed by atoms with Gasteiger partial charge in [-0.2, -0.15) is 0 Å². The van der Waals surface area contributed by atoms with E-state index in [1.165, 1.54) is 19.3 Å². The van der Waals surface area contributed by atoms with Gasteiger partial charge in [-0.25, -0.2) is 4.79 Å². The first-order chi connectivity index (χ1) is 9.58. The molecule has 0 spiro atoms. The molecular formula is C14H24N2O4. The summed E-state index contributed by atoms with van der Waals surface area (Å²) in [6.07, 6.45) is 5.36. The monoisotopic (exact) mass is 284 g/mol. The molecule has 20 heavy (non-hydrogen) atoms. The molecule has 1 aliphatic carbocycles. The summed E-state index contributed by atoms with van der Waals surface area (Å²) < 4.78 is 5.40. The van der Waals surface area contributed by atoms with E-state index >= 15 is 0 Å². The van der Waals surface area contributed by atoms with Gasteiger partial charge in [-0.15, -0.1) is 0 Å². The third-order valence-corrected chi connectivity index (χ3v) is 4.24. The number of carboxylic acids is 1. The number of carbonyl (C=O) groups is 2. The molecule has 0 radical (unpaired) electrons. The van der Waals surface area contributed by atoms with Crippen molar-refractivity contribution in [2.45, 2.75) is 50.7 Å². The number of rotatable bonds is 3. The Hall–Kier alpha value is -1.30. The second-order valence-corrected chi connectivity index (χ2v) is 5.72. The number of amides is 2. The first-order valence-corrected chi connectivity index (χ1v) is 7.43. The zero-order chi connectivity index (χ0) is 14.5. The number of nitrogens with zero attached hydrogens (tertiary/aromatic N) is 2. The van der Waals surface area contributed by atoms with E-state index in [9.17, 15) is 9.59 Å². The molecule has 2 rings (SSSR count). The molecule has 0 aromatic carbocycles. The Labute approximate surface area is 119 Å². The van der Waals surface area contributed by atoms with Crippen molar-refractivity contribution in [3.05, 3.63) is 0 Å². The Kier molecular flexibility index (Phi) is 5.23. The number of carbonyl (C=O) groups excluding carboxylic acids is 1. The van der Waals surface area contributed by atoms with E-state index < -0.39 is 5.97 Å². The van der Waals surface area contributed by atoms with E-state index in [4.69, 9.17) is 9.84 Å². The maximum atomic E-state index is 12.5. The number of carboxylic acid groups (broad SMARTS) is 1. The smallest absolute Gasteiger partial charge is 0.320 e. The molecule has 1 saturated heterocycles. The fourth-order valence-corrected chi connectivity index (χ4v) is 3.06. The van der Waals surface area contributed by atoms with Gasteiger partial charge in [0.2, 0.25) is 0 Å². The van der Waals surface area contributed by atoms with Crippen molar-refractivity contribution in [2.75, 3.05) is 26.7 Å². The number of hydrogen-bond donors (Lipinski definition) is 1. The largest absolute Gasteiger partial charge is 0.481 e. The summed E-state index contributed by atoms with van der Waals surface area (Å²) >= 11 is 0. The molecule has 0 aromatic heterocycles. The van der Waals surface area contributed by atoms with E-state index in [2.05, 4.69) is 0 Å². The summed E-state index contributed by atoms with van der Waals surface area (Å²) in [5, 5.41) is 8.81. The fraction of sp³-hybridized carbons (Fsp3) is 0.857. The maximum absolute atomic E-state index is 12.5. The van der Waals surface area contributed by atoms with E-state index in [0.29, 0.717) is 25.7 Å². The van der Waals surface area contributed by atoms with Crippen LogP contribution in [-0.4, -0.2) is 65.8 Å². The van der Waals surface area contributed by atoms with Crippen LogP contribution in [0.2, 0.25) is 0 Å². The Balaban J connectivity index is 1.88. The molecule has 0 bridgehead atoms. The summed E-state index contributed by atoms with van der Waals surface area (Å²) in [7, 11) is 1.86. The van der Waals surface area contributed by atoms with Gasteiger partial charge in [0.1, 0.15) is 0 Å². The SMILES string of the molecule is CN(C(=O)N1CCOC(CC(=O)O)C1)C1CCCCC1. The van der Waals surface area contributed by atoms with Gasteiger partial charge < -0.3 is 19.6 Å². The van der Waals surface area contributed by atoms with E-state index in [1.54, 1.807) is 4.90 Å². The summed E-state index contributed by atoms with van der Waals surface area (Å²) in [5.74, 6) is -0.884. The molecule has 2 fully saturated rings. The highest BCUT2D eigenvalue weighted by molar-refractivity contribution is 5.75. The van der Waals surface area contributed by atoms with Crippen LogP contribution < -0.4 is 0 Å². The molecule has 2 aliphatic rings. The van der Waals surface area contributed by atoms with Crippen LogP contribution in [-0.2, 0) is 9.53 Å². The highest BCUT2D eigenvalue weighted by Crippen LogP contribution is 2.23. The van der Waals surface area contributed by atoms with Gasteiger partial charge in [0.15, 0.2) is 0 Å². The Morgan fingerprint density at radius 1 is 1.30 bits per heavy atom. The minimum atomic E-state index is -0.884. The number of urea groups is 1. The lowest BCUT2D eigenvalue weighted by atomic mass is 9.95. The summed E-state index contributed by atoms with van der Waals surface area (Å²) in [5.41, 5.74) is 0. The number of hydrogen-bond acceptors (Lipinski definition) is 3. The molecule has 2 amide bonds. The van der Waals surface area contributed by atoms with Gasteiger partial charge in [-0.1, -0.05) is 19.3 Å². The van der Waals surface area contributed by atoms with Crippen LogP contribution in [0.3, 0.4) is 0 Å². The lowest BCUT2D eigenvalue weighted by Crippen LogP contribution is -2.52. The van der Waals surface area contributed by atoms with Gasteiger partial charge in [0.25, 0.3) is 0 Å². The molecule has 6 heteroatoms. The molecule has 1 saturated carbocycles. The fourth-order valence-electron chi connectivity index (χ4n) is 3.06. The van der Waals surface area contributed by atoms with Crippen LogP contribution in [0, 0.1) is 0 Å². The minimum Gasteiger partial charge on any atom is -0.481 e.